The molecule has 0 spiro atoms. The van der Waals surface area contributed by atoms with Crippen LogP contribution >= 0.6 is 27.5 Å². The van der Waals surface area contributed by atoms with Gasteiger partial charge in [0.15, 0.2) is 5.82 Å². The lowest BCUT2D eigenvalue weighted by Crippen LogP contribution is -2.12. The highest BCUT2D eigenvalue weighted by atomic mass is 79.9. The molecular weight excluding hydrogens is 465 g/mol. The van der Waals surface area contributed by atoms with Gasteiger partial charge in [0.25, 0.3) is 5.91 Å². The molecule has 1 aliphatic carbocycles. The summed E-state index contributed by atoms with van der Waals surface area (Å²) in [7, 11) is 0. The van der Waals surface area contributed by atoms with Gasteiger partial charge in [-0.3, -0.25) is 4.79 Å². The average molecular weight is 477 g/mol. The summed E-state index contributed by atoms with van der Waals surface area (Å²) >= 11 is 9.65. The Balaban J connectivity index is 1.43. The molecule has 5 rings (SSSR count). The Bertz CT molecular complexity index is 1260. The zero-order chi connectivity index (χ0) is 20.1. The summed E-state index contributed by atoms with van der Waals surface area (Å²) in [5.41, 5.74) is 1.98. The summed E-state index contributed by atoms with van der Waals surface area (Å²) in [5, 5.41) is 19.4. The van der Waals surface area contributed by atoms with Crippen LogP contribution in [0.4, 0.5) is 10.1 Å². The second-order valence-corrected chi connectivity index (χ2v) is 7.97. The number of aromatic nitrogens is 6. The minimum absolute atomic E-state index is 0.287. The van der Waals surface area contributed by atoms with Crippen LogP contribution in [0.2, 0.25) is 5.02 Å². The molecule has 4 aromatic rings. The number of benzene rings is 1. The fourth-order valence-corrected chi connectivity index (χ4v) is 3.47. The summed E-state index contributed by atoms with van der Waals surface area (Å²) in [5.74, 6) is -0.275. The van der Waals surface area contributed by atoms with Crippen LogP contribution in [-0.2, 0) is 0 Å². The lowest BCUT2D eigenvalue weighted by molar-refractivity contribution is 0.102. The summed E-state index contributed by atoms with van der Waals surface area (Å²) in [6, 6.07) is 8.57. The monoisotopic (exact) mass is 475 g/mol. The van der Waals surface area contributed by atoms with Crippen molar-refractivity contribution in [2.24, 2.45) is 0 Å². The molecule has 0 aliphatic heterocycles. The molecule has 1 aromatic carbocycles. The number of carbonyl (C=O) groups is 1. The second-order valence-electron chi connectivity index (χ2n) is 6.65. The number of nitrogens with zero attached hydrogens (tertiary/aromatic N) is 6. The number of nitrogens with one attached hydrogen (secondary N) is 1. The van der Waals surface area contributed by atoms with Gasteiger partial charge in [-0.25, -0.2) is 8.91 Å². The van der Waals surface area contributed by atoms with E-state index in [-0.39, 0.29) is 11.8 Å². The van der Waals surface area contributed by atoms with Crippen LogP contribution in [0, 0.1) is 0 Å². The molecule has 2 atom stereocenters. The normalized spacial score (nSPS) is 18.2. The van der Waals surface area contributed by atoms with Gasteiger partial charge in [-0.1, -0.05) is 27.5 Å². The highest BCUT2D eigenvalue weighted by Crippen LogP contribution is 2.41. The minimum Gasteiger partial charge on any atom is -0.320 e. The Kier molecular flexibility index (Phi) is 4.32. The molecule has 0 saturated heterocycles. The zero-order valence-electron chi connectivity index (χ0n) is 14.6. The second kappa shape index (κ2) is 6.89. The smallest absolute Gasteiger partial charge is 0.259 e. The Hall–Kier alpha value is -2.85. The minimum atomic E-state index is -0.904. The molecule has 146 valence electrons. The molecule has 3 aromatic heterocycles. The van der Waals surface area contributed by atoms with E-state index < -0.39 is 6.17 Å². The first kappa shape index (κ1) is 18.2. The lowest BCUT2D eigenvalue weighted by atomic mass is 10.2. The van der Waals surface area contributed by atoms with Crippen LogP contribution < -0.4 is 5.32 Å². The largest absolute Gasteiger partial charge is 0.320 e. The molecule has 1 saturated carbocycles. The maximum atomic E-state index is 13.2. The zero-order valence-corrected chi connectivity index (χ0v) is 17.0. The Labute approximate surface area is 176 Å². The van der Waals surface area contributed by atoms with Crippen LogP contribution in [0.1, 0.15) is 28.5 Å². The van der Waals surface area contributed by atoms with Crippen molar-refractivity contribution in [3.8, 4) is 5.69 Å². The van der Waals surface area contributed by atoms with E-state index in [1.165, 1.54) is 11.0 Å². The number of fused-ring (bicyclic) bond motifs is 1. The third-order valence-corrected chi connectivity index (χ3v) is 5.45. The quantitative estimate of drug-likeness (QED) is 0.484. The van der Waals surface area contributed by atoms with Crippen LogP contribution in [0.25, 0.3) is 11.2 Å². The van der Waals surface area contributed by atoms with E-state index in [9.17, 15) is 9.18 Å². The molecule has 1 N–H and O–H groups in total. The maximum Gasteiger partial charge on any atom is 0.259 e. The van der Waals surface area contributed by atoms with Gasteiger partial charge in [-0.15, -0.1) is 15.0 Å². The van der Waals surface area contributed by atoms with Crippen molar-refractivity contribution in [2.75, 3.05) is 5.32 Å². The van der Waals surface area contributed by atoms with Gasteiger partial charge in [0.1, 0.15) is 6.17 Å². The first-order valence-corrected chi connectivity index (χ1v) is 9.85. The number of anilines is 1. The van der Waals surface area contributed by atoms with Crippen LogP contribution in [0.3, 0.4) is 0 Å². The Morgan fingerprint density at radius 2 is 2.14 bits per heavy atom. The number of hydrogen-bond donors (Lipinski definition) is 1. The van der Waals surface area contributed by atoms with Gasteiger partial charge in [0.05, 0.1) is 39.6 Å². The van der Waals surface area contributed by atoms with Crippen molar-refractivity contribution >= 4 is 44.6 Å². The lowest BCUT2D eigenvalue weighted by Gasteiger charge is -2.08. The molecule has 0 unspecified atom stereocenters. The van der Waals surface area contributed by atoms with Crippen LogP contribution in [-0.4, -0.2) is 41.9 Å². The summed E-state index contributed by atoms with van der Waals surface area (Å²) in [6.07, 6.45) is 2.75. The molecule has 8 nitrogen and oxygen atoms in total. The Morgan fingerprint density at radius 1 is 1.31 bits per heavy atom. The first-order valence-electron chi connectivity index (χ1n) is 8.68. The van der Waals surface area contributed by atoms with Gasteiger partial charge < -0.3 is 5.32 Å². The molecule has 0 bridgehead atoms. The number of alkyl halides is 1. The van der Waals surface area contributed by atoms with E-state index in [0.29, 0.717) is 39.7 Å². The van der Waals surface area contributed by atoms with Crippen LogP contribution in [0.5, 0.6) is 0 Å². The predicted octanol–water partition coefficient (Wildman–Crippen LogP) is 3.80. The molecule has 3 heterocycles. The van der Waals surface area contributed by atoms with E-state index in [1.54, 1.807) is 35.0 Å². The molecule has 0 radical (unpaired) electrons. The summed E-state index contributed by atoms with van der Waals surface area (Å²) < 4.78 is 15.7. The standard InChI is InChI=1S/C18H12BrClFN7O/c19-9-3-4-27-16(5-9)12(8-22-27)18(29)23-15-6-10(1-2-13(15)20)28-25-17(24-26-28)11-7-14(11)21/h1-6,8,11,14H,7H2,(H,23,29)/t11-,14-/m0/s1. The van der Waals surface area contributed by atoms with E-state index in [2.05, 4.69) is 41.8 Å². The topological polar surface area (TPSA) is 90.0 Å². The number of hydrogen-bond acceptors (Lipinski definition) is 5. The van der Waals surface area contributed by atoms with Gasteiger partial charge in [-0.05, 0) is 42.0 Å². The molecular formula is C18H12BrClFN7O. The SMILES string of the molecule is O=C(Nc1cc(-n2nnc([C@H]3C[C@@H]3F)n2)ccc1Cl)c1cnn2ccc(Br)cc12. The molecule has 11 heteroatoms. The average Bonchev–Trinajstić information content (AvgIpc) is 3.10. The molecule has 29 heavy (non-hydrogen) atoms. The third-order valence-electron chi connectivity index (χ3n) is 4.63. The molecule has 1 amide bonds. The highest BCUT2D eigenvalue weighted by Gasteiger charge is 2.42. The van der Waals surface area contributed by atoms with Crippen molar-refractivity contribution in [1.82, 2.24) is 29.8 Å². The van der Waals surface area contributed by atoms with Gasteiger partial charge in [-0.2, -0.15) is 5.10 Å². The first-order chi connectivity index (χ1) is 14.0. The van der Waals surface area contributed by atoms with E-state index in [4.69, 9.17) is 11.6 Å². The van der Waals surface area contributed by atoms with Crippen molar-refractivity contribution in [2.45, 2.75) is 18.5 Å². The number of pyridine rings is 1. The third kappa shape index (κ3) is 3.38. The van der Waals surface area contributed by atoms with Crippen molar-refractivity contribution < 1.29 is 9.18 Å². The van der Waals surface area contributed by atoms with E-state index in [0.717, 1.165) is 4.47 Å². The van der Waals surface area contributed by atoms with E-state index >= 15 is 0 Å². The Morgan fingerprint density at radius 3 is 2.93 bits per heavy atom. The fourth-order valence-electron chi connectivity index (χ4n) is 2.97. The van der Waals surface area contributed by atoms with Gasteiger partial charge in [0, 0.05) is 10.7 Å². The highest BCUT2D eigenvalue weighted by molar-refractivity contribution is 9.10. The summed E-state index contributed by atoms with van der Waals surface area (Å²) in [4.78, 5) is 14.1. The van der Waals surface area contributed by atoms with Crippen molar-refractivity contribution in [3.63, 3.8) is 0 Å². The summed E-state index contributed by atoms with van der Waals surface area (Å²) in [6.45, 7) is 0. The number of halogens is 3. The van der Waals surface area contributed by atoms with Gasteiger partial charge >= 0.3 is 0 Å². The van der Waals surface area contributed by atoms with Crippen molar-refractivity contribution in [1.29, 1.82) is 0 Å². The number of rotatable bonds is 4. The predicted molar refractivity (Wildman–Crippen MR) is 107 cm³/mol. The number of tetrazole rings is 1. The van der Waals surface area contributed by atoms with Gasteiger partial charge in [0.2, 0.25) is 0 Å². The fraction of sp³-hybridized carbons (Fsp3) is 0.167. The van der Waals surface area contributed by atoms with Crippen LogP contribution in [0.15, 0.2) is 47.2 Å². The molecule has 1 fully saturated rings. The number of carbonyl (C=O) groups excluding carboxylic acids is 1. The molecule has 1 aliphatic rings. The van der Waals surface area contributed by atoms with E-state index in [1.807, 2.05) is 6.07 Å². The van der Waals surface area contributed by atoms with Crippen molar-refractivity contribution in [3.05, 3.63) is 63.6 Å². The number of amides is 1. The maximum absolute atomic E-state index is 13.2.